The van der Waals surface area contributed by atoms with Gasteiger partial charge in [-0.25, -0.2) is 13.8 Å². The minimum Gasteiger partial charge on any atom is -0.298 e. The van der Waals surface area contributed by atoms with Crippen LogP contribution in [0.5, 0.6) is 0 Å². The van der Waals surface area contributed by atoms with Gasteiger partial charge < -0.3 is 0 Å². The number of halogens is 2. The van der Waals surface area contributed by atoms with Gasteiger partial charge in [0.05, 0.1) is 11.2 Å². The molecule has 1 aromatic rings. The lowest BCUT2D eigenvalue weighted by molar-refractivity contribution is 0.0301. The third-order valence-electron chi connectivity index (χ3n) is 4.24. The lowest BCUT2D eigenvalue weighted by atomic mass is 9.93. The van der Waals surface area contributed by atoms with Crippen LogP contribution in [-0.4, -0.2) is 28.9 Å². The van der Waals surface area contributed by atoms with Crippen LogP contribution in [0.4, 0.5) is 8.78 Å². The van der Waals surface area contributed by atoms with E-state index in [1.54, 1.807) is 11.3 Å². The van der Waals surface area contributed by atoms with Crippen molar-refractivity contribution >= 4 is 11.3 Å². The van der Waals surface area contributed by atoms with E-state index in [4.69, 9.17) is 0 Å². The molecule has 1 spiro atoms. The molecule has 2 fully saturated rings. The molecule has 1 aromatic heterocycles. The molecule has 2 heterocycles. The SMILES string of the molecule is Cc1ncsc1CN1CCC2(CC1)CC2(F)F. The second-order valence-corrected chi connectivity index (χ2v) is 6.24. The summed E-state index contributed by atoms with van der Waals surface area (Å²) in [6, 6.07) is 0. The molecule has 3 rings (SSSR count). The number of thiazole rings is 1. The first kappa shape index (κ1) is 11.5. The maximum Gasteiger partial charge on any atom is 0.254 e. The Hall–Kier alpha value is -0.550. The van der Waals surface area contributed by atoms with E-state index in [-0.39, 0.29) is 6.42 Å². The molecule has 1 aliphatic heterocycles. The summed E-state index contributed by atoms with van der Waals surface area (Å²) in [5.41, 5.74) is 2.30. The van der Waals surface area contributed by atoms with Crippen molar-refractivity contribution in [3.63, 3.8) is 0 Å². The van der Waals surface area contributed by atoms with Crippen LogP contribution in [0.25, 0.3) is 0 Å². The van der Waals surface area contributed by atoms with Gasteiger partial charge in [-0.1, -0.05) is 0 Å². The number of rotatable bonds is 2. The monoisotopic (exact) mass is 258 g/mol. The van der Waals surface area contributed by atoms with E-state index < -0.39 is 11.3 Å². The van der Waals surface area contributed by atoms with Crippen LogP contribution in [0.1, 0.15) is 29.8 Å². The zero-order chi connectivity index (χ0) is 12.1. The number of alkyl halides is 2. The number of piperidine rings is 1. The molecule has 0 unspecified atom stereocenters. The lowest BCUT2D eigenvalue weighted by Gasteiger charge is -2.31. The van der Waals surface area contributed by atoms with Crippen molar-refractivity contribution in [2.75, 3.05) is 13.1 Å². The van der Waals surface area contributed by atoms with Gasteiger partial charge in [-0.3, -0.25) is 4.90 Å². The Morgan fingerprint density at radius 3 is 2.53 bits per heavy atom. The average molecular weight is 258 g/mol. The molecule has 5 heteroatoms. The molecule has 0 radical (unpaired) electrons. The minimum atomic E-state index is -2.38. The Kier molecular flexibility index (Phi) is 2.52. The van der Waals surface area contributed by atoms with Gasteiger partial charge in [-0.15, -0.1) is 11.3 Å². The molecular weight excluding hydrogens is 242 g/mol. The van der Waals surface area contributed by atoms with E-state index in [2.05, 4.69) is 9.88 Å². The van der Waals surface area contributed by atoms with Crippen LogP contribution < -0.4 is 0 Å². The smallest absolute Gasteiger partial charge is 0.254 e. The summed E-state index contributed by atoms with van der Waals surface area (Å²) in [6.45, 7) is 4.48. The van der Waals surface area contributed by atoms with Gasteiger partial charge in [0.15, 0.2) is 0 Å². The molecule has 0 amide bonds. The number of aromatic nitrogens is 1. The summed E-state index contributed by atoms with van der Waals surface area (Å²) in [7, 11) is 0. The summed E-state index contributed by atoms with van der Waals surface area (Å²) >= 11 is 1.66. The fraction of sp³-hybridized carbons (Fsp3) is 0.750. The highest BCUT2D eigenvalue weighted by molar-refractivity contribution is 7.09. The molecule has 1 aliphatic carbocycles. The first-order chi connectivity index (χ1) is 8.02. The van der Waals surface area contributed by atoms with Gasteiger partial charge in [-0.2, -0.15) is 0 Å². The normalized spacial score (nSPS) is 26.3. The summed E-state index contributed by atoms with van der Waals surface area (Å²) < 4.78 is 26.4. The number of hydrogen-bond acceptors (Lipinski definition) is 3. The molecule has 2 nitrogen and oxygen atoms in total. The Bertz CT molecular complexity index is 422. The summed E-state index contributed by atoms with van der Waals surface area (Å²) in [6.07, 6.45) is 1.42. The van der Waals surface area contributed by atoms with E-state index in [0.717, 1.165) is 25.3 Å². The van der Waals surface area contributed by atoms with Crippen molar-refractivity contribution in [3.05, 3.63) is 16.1 Å². The lowest BCUT2D eigenvalue weighted by Crippen LogP contribution is -2.36. The zero-order valence-corrected chi connectivity index (χ0v) is 10.7. The Labute approximate surface area is 104 Å². The average Bonchev–Trinajstić information content (AvgIpc) is 2.60. The van der Waals surface area contributed by atoms with Gasteiger partial charge in [0.1, 0.15) is 0 Å². The van der Waals surface area contributed by atoms with Gasteiger partial charge in [-0.05, 0) is 32.9 Å². The summed E-state index contributed by atoms with van der Waals surface area (Å²) in [5, 5.41) is 0. The van der Waals surface area contributed by atoms with E-state index in [1.165, 1.54) is 4.88 Å². The van der Waals surface area contributed by atoms with Crippen LogP contribution in [0, 0.1) is 12.3 Å². The number of nitrogens with zero attached hydrogens (tertiary/aromatic N) is 2. The molecule has 0 N–H and O–H groups in total. The molecule has 0 bridgehead atoms. The predicted octanol–water partition coefficient (Wildman–Crippen LogP) is 3.07. The summed E-state index contributed by atoms with van der Waals surface area (Å²) in [5.74, 6) is -2.38. The highest BCUT2D eigenvalue weighted by Gasteiger charge is 2.70. The largest absolute Gasteiger partial charge is 0.298 e. The summed E-state index contributed by atoms with van der Waals surface area (Å²) in [4.78, 5) is 7.76. The van der Waals surface area contributed by atoms with Crippen molar-refractivity contribution in [2.24, 2.45) is 5.41 Å². The van der Waals surface area contributed by atoms with Crippen LogP contribution in [0.3, 0.4) is 0 Å². The van der Waals surface area contributed by atoms with Crippen molar-refractivity contribution in [2.45, 2.75) is 38.7 Å². The van der Waals surface area contributed by atoms with Crippen molar-refractivity contribution in [3.8, 4) is 0 Å². The zero-order valence-electron chi connectivity index (χ0n) is 9.88. The topological polar surface area (TPSA) is 16.1 Å². The highest BCUT2D eigenvalue weighted by atomic mass is 32.1. The molecule has 94 valence electrons. The standard InChI is InChI=1S/C12H16F2N2S/c1-9-10(17-8-15-9)6-16-4-2-11(3-5-16)7-12(11,13)14/h8H,2-7H2,1H3. The second kappa shape index (κ2) is 3.72. The molecule has 1 saturated carbocycles. The quantitative estimate of drug-likeness (QED) is 0.810. The maximum absolute atomic E-state index is 13.2. The van der Waals surface area contributed by atoms with Crippen LogP contribution in [0.2, 0.25) is 0 Å². The third kappa shape index (κ3) is 1.89. The van der Waals surface area contributed by atoms with E-state index in [9.17, 15) is 8.78 Å². The van der Waals surface area contributed by atoms with Crippen molar-refractivity contribution in [1.29, 1.82) is 0 Å². The van der Waals surface area contributed by atoms with Crippen LogP contribution >= 0.6 is 11.3 Å². The van der Waals surface area contributed by atoms with Gasteiger partial charge in [0.25, 0.3) is 5.92 Å². The molecule has 1 saturated heterocycles. The Morgan fingerprint density at radius 2 is 2.06 bits per heavy atom. The molecule has 0 atom stereocenters. The first-order valence-corrected chi connectivity index (χ1v) is 6.90. The predicted molar refractivity (Wildman–Crippen MR) is 63.4 cm³/mol. The second-order valence-electron chi connectivity index (χ2n) is 5.30. The third-order valence-corrected chi connectivity index (χ3v) is 5.16. The number of hydrogen-bond donors (Lipinski definition) is 0. The van der Waals surface area contributed by atoms with Crippen LogP contribution in [-0.2, 0) is 6.54 Å². The molecule has 17 heavy (non-hydrogen) atoms. The minimum absolute atomic E-state index is 0.118. The fourth-order valence-corrected chi connectivity index (χ4v) is 3.56. The Balaban J connectivity index is 1.58. The molecular formula is C12H16F2N2S. The fourth-order valence-electron chi connectivity index (χ4n) is 2.74. The van der Waals surface area contributed by atoms with Gasteiger partial charge in [0, 0.05) is 23.3 Å². The first-order valence-electron chi connectivity index (χ1n) is 6.02. The van der Waals surface area contributed by atoms with Crippen LogP contribution in [0.15, 0.2) is 5.51 Å². The van der Waals surface area contributed by atoms with Gasteiger partial charge in [0.2, 0.25) is 0 Å². The van der Waals surface area contributed by atoms with Crippen molar-refractivity contribution in [1.82, 2.24) is 9.88 Å². The number of aryl methyl sites for hydroxylation is 1. The highest BCUT2D eigenvalue weighted by Crippen LogP contribution is 2.65. The molecule has 0 aromatic carbocycles. The van der Waals surface area contributed by atoms with E-state index in [0.29, 0.717) is 12.8 Å². The maximum atomic E-state index is 13.2. The van der Waals surface area contributed by atoms with Crippen molar-refractivity contribution < 1.29 is 8.78 Å². The number of likely N-dealkylation sites (tertiary alicyclic amines) is 1. The molecule has 2 aliphatic rings. The van der Waals surface area contributed by atoms with E-state index >= 15 is 0 Å². The Morgan fingerprint density at radius 1 is 1.41 bits per heavy atom. The van der Waals surface area contributed by atoms with Gasteiger partial charge >= 0.3 is 0 Å². The van der Waals surface area contributed by atoms with E-state index in [1.807, 2.05) is 12.4 Å².